The average molecular weight is 377 g/mol. The van der Waals surface area contributed by atoms with E-state index in [1.54, 1.807) is 0 Å². The first-order valence-electron chi connectivity index (χ1n) is 9.92. The first kappa shape index (κ1) is 18.7. The minimum Gasteiger partial charge on any atom is -0.327 e. The van der Waals surface area contributed by atoms with Gasteiger partial charge in [-0.2, -0.15) is 5.10 Å². The molecule has 3 atom stereocenters. The number of allylic oxidation sites excluding steroid dienone is 1. The molecule has 1 aliphatic heterocycles. The van der Waals surface area contributed by atoms with E-state index in [0.717, 1.165) is 35.4 Å². The summed E-state index contributed by atoms with van der Waals surface area (Å²) in [6.07, 6.45) is 10.0. The molecule has 0 bridgehead atoms. The lowest BCUT2D eigenvalue weighted by Gasteiger charge is -2.20. The van der Waals surface area contributed by atoms with Crippen LogP contribution in [0.25, 0.3) is 22.5 Å². The summed E-state index contributed by atoms with van der Waals surface area (Å²) in [7, 11) is 0. The summed E-state index contributed by atoms with van der Waals surface area (Å²) in [5, 5.41) is 4.49. The molecule has 6 heteroatoms. The van der Waals surface area contributed by atoms with Crippen LogP contribution in [-0.4, -0.2) is 31.4 Å². The first-order chi connectivity index (χ1) is 13.7. The van der Waals surface area contributed by atoms with Crippen LogP contribution in [0, 0.1) is 0 Å². The number of hydrogen-bond donors (Lipinski definition) is 2. The van der Waals surface area contributed by atoms with E-state index in [0.29, 0.717) is 24.7 Å². The molecule has 3 unspecified atom stereocenters. The molecule has 28 heavy (non-hydrogen) atoms. The SMILES string of the molecule is C=CCn1cc(-c2c(-c3ccccc3)ncn2C(C)CC2CC(C)NN2)cn1. The molecule has 1 aromatic carbocycles. The van der Waals surface area contributed by atoms with Crippen LogP contribution in [0.1, 0.15) is 32.7 Å². The van der Waals surface area contributed by atoms with Crippen LogP contribution in [-0.2, 0) is 6.54 Å². The maximum atomic E-state index is 4.80. The molecule has 1 aliphatic rings. The molecule has 0 spiro atoms. The maximum absolute atomic E-state index is 4.80. The van der Waals surface area contributed by atoms with E-state index in [1.165, 1.54) is 0 Å². The molecular formula is C22H28N6. The average Bonchev–Trinajstić information content (AvgIpc) is 3.42. The minimum absolute atomic E-state index is 0.312. The summed E-state index contributed by atoms with van der Waals surface area (Å²) in [4.78, 5) is 4.80. The largest absolute Gasteiger partial charge is 0.327 e. The Bertz CT molecular complexity index is 926. The van der Waals surface area contributed by atoms with Crippen molar-refractivity contribution in [2.24, 2.45) is 0 Å². The maximum Gasteiger partial charge on any atom is 0.0964 e. The molecule has 3 aromatic rings. The fourth-order valence-electron chi connectivity index (χ4n) is 3.99. The van der Waals surface area contributed by atoms with Crippen molar-refractivity contribution in [2.45, 2.75) is 51.4 Å². The lowest BCUT2D eigenvalue weighted by atomic mass is 10.0. The summed E-state index contributed by atoms with van der Waals surface area (Å²) in [5.41, 5.74) is 11.1. The Morgan fingerprint density at radius 1 is 1.25 bits per heavy atom. The van der Waals surface area contributed by atoms with Crippen molar-refractivity contribution in [2.75, 3.05) is 0 Å². The Morgan fingerprint density at radius 3 is 2.79 bits per heavy atom. The molecule has 4 rings (SSSR count). The fourth-order valence-corrected chi connectivity index (χ4v) is 3.99. The van der Waals surface area contributed by atoms with Gasteiger partial charge in [-0.15, -0.1) is 6.58 Å². The topological polar surface area (TPSA) is 59.7 Å². The van der Waals surface area contributed by atoms with E-state index in [4.69, 9.17) is 4.98 Å². The zero-order valence-electron chi connectivity index (χ0n) is 16.5. The van der Waals surface area contributed by atoms with Crippen molar-refractivity contribution in [3.63, 3.8) is 0 Å². The van der Waals surface area contributed by atoms with Gasteiger partial charge in [0.05, 0.1) is 30.5 Å². The number of aromatic nitrogens is 4. The fraction of sp³-hybridized carbons (Fsp3) is 0.364. The third kappa shape index (κ3) is 3.79. The van der Waals surface area contributed by atoms with Gasteiger partial charge in [-0.05, 0) is 26.7 Å². The zero-order chi connectivity index (χ0) is 19.5. The monoisotopic (exact) mass is 376 g/mol. The number of imidazole rings is 1. The molecule has 3 heterocycles. The van der Waals surface area contributed by atoms with Gasteiger partial charge in [0.15, 0.2) is 0 Å². The number of nitrogens with zero attached hydrogens (tertiary/aromatic N) is 4. The van der Waals surface area contributed by atoms with Gasteiger partial charge in [-0.3, -0.25) is 15.5 Å². The smallest absolute Gasteiger partial charge is 0.0964 e. The third-order valence-electron chi connectivity index (χ3n) is 5.34. The van der Waals surface area contributed by atoms with Crippen molar-refractivity contribution in [1.29, 1.82) is 0 Å². The van der Waals surface area contributed by atoms with Crippen molar-refractivity contribution in [3.8, 4) is 22.5 Å². The van der Waals surface area contributed by atoms with Gasteiger partial charge in [-0.25, -0.2) is 4.98 Å². The number of rotatable bonds is 7. The lowest BCUT2D eigenvalue weighted by molar-refractivity contribution is 0.417. The van der Waals surface area contributed by atoms with Crippen LogP contribution in [0.4, 0.5) is 0 Å². The predicted molar refractivity (Wildman–Crippen MR) is 113 cm³/mol. The Balaban J connectivity index is 1.71. The molecule has 0 radical (unpaired) electrons. The number of hydrogen-bond acceptors (Lipinski definition) is 4. The Kier molecular flexibility index (Phi) is 5.41. The molecule has 146 valence electrons. The molecular weight excluding hydrogens is 348 g/mol. The van der Waals surface area contributed by atoms with Gasteiger partial charge in [0.1, 0.15) is 0 Å². The molecule has 1 fully saturated rings. The van der Waals surface area contributed by atoms with Crippen molar-refractivity contribution >= 4 is 0 Å². The van der Waals surface area contributed by atoms with Crippen LogP contribution in [0.5, 0.6) is 0 Å². The zero-order valence-corrected chi connectivity index (χ0v) is 16.5. The molecule has 0 amide bonds. The van der Waals surface area contributed by atoms with Gasteiger partial charge >= 0.3 is 0 Å². The van der Waals surface area contributed by atoms with Crippen molar-refractivity contribution < 1.29 is 0 Å². The summed E-state index contributed by atoms with van der Waals surface area (Å²) in [6.45, 7) is 8.98. The van der Waals surface area contributed by atoms with E-state index in [-0.39, 0.29) is 0 Å². The lowest BCUT2D eigenvalue weighted by Crippen LogP contribution is -2.33. The number of benzene rings is 1. The Hall–Kier alpha value is -2.70. The molecule has 1 saturated heterocycles. The van der Waals surface area contributed by atoms with Gasteiger partial charge in [0.25, 0.3) is 0 Å². The van der Waals surface area contributed by atoms with Crippen LogP contribution >= 0.6 is 0 Å². The van der Waals surface area contributed by atoms with E-state index in [1.807, 2.05) is 29.3 Å². The van der Waals surface area contributed by atoms with Crippen LogP contribution < -0.4 is 10.9 Å². The van der Waals surface area contributed by atoms with E-state index in [9.17, 15) is 0 Å². The molecule has 2 N–H and O–H groups in total. The highest BCUT2D eigenvalue weighted by atomic mass is 15.4. The third-order valence-corrected chi connectivity index (χ3v) is 5.34. The molecule has 0 aliphatic carbocycles. The Labute approximate surface area is 166 Å². The highest BCUT2D eigenvalue weighted by Gasteiger charge is 2.25. The van der Waals surface area contributed by atoms with Gasteiger partial charge in [0, 0.05) is 35.4 Å². The first-order valence-corrected chi connectivity index (χ1v) is 9.92. The Morgan fingerprint density at radius 2 is 2.07 bits per heavy atom. The summed E-state index contributed by atoms with van der Waals surface area (Å²) >= 11 is 0. The van der Waals surface area contributed by atoms with Crippen LogP contribution in [0.3, 0.4) is 0 Å². The van der Waals surface area contributed by atoms with Gasteiger partial charge in [-0.1, -0.05) is 36.4 Å². The van der Waals surface area contributed by atoms with E-state index in [2.05, 4.69) is 71.4 Å². The second-order valence-electron chi connectivity index (χ2n) is 7.66. The number of hydrazine groups is 1. The van der Waals surface area contributed by atoms with Gasteiger partial charge in [0.2, 0.25) is 0 Å². The molecule has 2 aromatic heterocycles. The predicted octanol–water partition coefficient (Wildman–Crippen LogP) is 3.81. The summed E-state index contributed by atoms with van der Waals surface area (Å²) < 4.78 is 4.20. The molecule has 0 saturated carbocycles. The minimum atomic E-state index is 0.312. The highest BCUT2D eigenvalue weighted by Crippen LogP contribution is 2.34. The summed E-state index contributed by atoms with van der Waals surface area (Å²) in [6, 6.07) is 11.6. The quantitative estimate of drug-likeness (QED) is 0.616. The highest BCUT2D eigenvalue weighted by molar-refractivity contribution is 5.78. The van der Waals surface area contributed by atoms with Gasteiger partial charge < -0.3 is 4.57 Å². The standard InChI is InChI=1S/C22H28N6/c1-4-10-27-14-19(13-24-27)22-21(18-8-6-5-7-9-18)23-15-28(22)17(3)12-20-11-16(2)25-26-20/h4-9,13-17,20,25-26H,1,10-12H2,2-3H3. The number of nitrogens with one attached hydrogen (secondary N) is 2. The second kappa shape index (κ2) is 8.12. The van der Waals surface area contributed by atoms with E-state index >= 15 is 0 Å². The van der Waals surface area contributed by atoms with E-state index < -0.39 is 0 Å². The second-order valence-corrected chi connectivity index (χ2v) is 7.66. The summed E-state index contributed by atoms with van der Waals surface area (Å²) in [5.74, 6) is 0. The molecule has 6 nitrogen and oxygen atoms in total. The van der Waals surface area contributed by atoms with Crippen LogP contribution in [0.2, 0.25) is 0 Å². The van der Waals surface area contributed by atoms with Crippen LogP contribution in [0.15, 0.2) is 61.7 Å². The van der Waals surface area contributed by atoms with Crippen molar-refractivity contribution in [3.05, 3.63) is 61.7 Å². The normalized spacial score (nSPS) is 20.4. The van der Waals surface area contributed by atoms with Crippen molar-refractivity contribution in [1.82, 2.24) is 30.2 Å².